The number of thioether (sulfide) groups is 1. The lowest BCUT2D eigenvalue weighted by Crippen LogP contribution is -2.32. The van der Waals surface area contributed by atoms with E-state index in [4.69, 9.17) is 4.74 Å². The molecule has 0 saturated carbocycles. The van der Waals surface area contributed by atoms with Crippen molar-refractivity contribution in [3.8, 4) is 0 Å². The van der Waals surface area contributed by atoms with Gasteiger partial charge in [0.2, 0.25) is 0 Å². The molecule has 132 valence electrons. The number of esters is 1. The number of rotatable bonds is 6. The quantitative estimate of drug-likeness (QED) is 0.540. The monoisotopic (exact) mass is 425 g/mol. The van der Waals surface area contributed by atoms with E-state index in [0.717, 1.165) is 4.90 Å². The summed E-state index contributed by atoms with van der Waals surface area (Å²) in [6, 6.07) is 13.7. The molecular formula is C18H17BrFNO3S. The standard InChI is InChI=1S/C18H17BrFNO3S/c1-11(17(22)21-16-9-8-13(19)10-15(16)20)24-18(23)12(2)25-14-6-4-3-5-7-14/h3-12H,1-2H3,(H,21,22)/t11-,12-/m1/s1. The molecule has 0 saturated heterocycles. The van der Waals surface area contributed by atoms with Crippen LogP contribution in [-0.4, -0.2) is 23.2 Å². The van der Waals surface area contributed by atoms with Gasteiger partial charge in [-0.25, -0.2) is 4.39 Å². The number of amides is 1. The lowest BCUT2D eigenvalue weighted by atomic mass is 10.3. The summed E-state index contributed by atoms with van der Waals surface area (Å²) in [6.07, 6.45) is -1.03. The Morgan fingerprint density at radius 2 is 1.84 bits per heavy atom. The van der Waals surface area contributed by atoms with Gasteiger partial charge in [-0.3, -0.25) is 9.59 Å². The van der Waals surface area contributed by atoms with Gasteiger partial charge in [0, 0.05) is 9.37 Å². The van der Waals surface area contributed by atoms with Gasteiger partial charge in [-0.1, -0.05) is 34.1 Å². The molecule has 0 fully saturated rings. The number of carbonyl (C=O) groups is 2. The molecule has 0 aromatic heterocycles. The van der Waals surface area contributed by atoms with Crippen LogP contribution in [0, 0.1) is 5.82 Å². The molecular weight excluding hydrogens is 409 g/mol. The molecule has 2 rings (SSSR count). The number of hydrogen-bond donors (Lipinski definition) is 1. The van der Waals surface area contributed by atoms with Crippen molar-refractivity contribution in [2.24, 2.45) is 0 Å². The number of ether oxygens (including phenoxy) is 1. The highest BCUT2D eigenvalue weighted by Gasteiger charge is 2.23. The van der Waals surface area contributed by atoms with E-state index in [1.165, 1.54) is 30.8 Å². The zero-order valence-electron chi connectivity index (χ0n) is 13.7. The number of nitrogens with one attached hydrogen (secondary N) is 1. The van der Waals surface area contributed by atoms with Gasteiger partial charge in [-0.2, -0.15) is 0 Å². The molecule has 2 atom stereocenters. The first-order chi connectivity index (χ1) is 11.9. The minimum absolute atomic E-state index is 0.0304. The van der Waals surface area contributed by atoms with Crippen LogP contribution >= 0.6 is 27.7 Å². The minimum atomic E-state index is -1.03. The van der Waals surface area contributed by atoms with Crippen LogP contribution < -0.4 is 5.32 Å². The van der Waals surface area contributed by atoms with Crippen LogP contribution in [0.15, 0.2) is 57.9 Å². The summed E-state index contributed by atoms with van der Waals surface area (Å²) >= 11 is 4.48. The van der Waals surface area contributed by atoms with Crippen LogP contribution in [0.5, 0.6) is 0 Å². The van der Waals surface area contributed by atoms with Crippen molar-refractivity contribution < 1.29 is 18.7 Å². The van der Waals surface area contributed by atoms with Crippen molar-refractivity contribution in [1.29, 1.82) is 0 Å². The summed E-state index contributed by atoms with van der Waals surface area (Å²) in [6.45, 7) is 3.16. The van der Waals surface area contributed by atoms with Gasteiger partial charge in [0.05, 0.1) is 5.69 Å². The van der Waals surface area contributed by atoms with Crippen molar-refractivity contribution >= 4 is 45.3 Å². The highest BCUT2D eigenvalue weighted by atomic mass is 79.9. The summed E-state index contributed by atoms with van der Waals surface area (Å²) < 4.78 is 19.5. The fourth-order valence-electron chi connectivity index (χ4n) is 1.90. The number of halogens is 2. The number of carbonyl (C=O) groups excluding carboxylic acids is 2. The maximum atomic E-state index is 13.8. The molecule has 1 N–H and O–H groups in total. The third-order valence-electron chi connectivity index (χ3n) is 3.24. The van der Waals surface area contributed by atoms with Crippen molar-refractivity contribution in [2.45, 2.75) is 30.1 Å². The molecule has 7 heteroatoms. The van der Waals surface area contributed by atoms with Crippen LogP contribution in [0.2, 0.25) is 0 Å². The lowest BCUT2D eigenvalue weighted by molar-refractivity contribution is -0.152. The van der Waals surface area contributed by atoms with E-state index in [2.05, 4.69) is 21.2 Å². The first-order valence-electron chi connectivity index (χ1n) is 7.55. The second kappa shape index (κ2) is 9.01. The molecule has 4 nitrogen and oxygen atoms in total. The molecule has 0 bridgehead atoms. The number of hydrogen-bond acceptors (Lipinski definition) is 4. The third kappa shape index (κ3) is 5.86. The highest BCUT2D eigenvalue weighted by Crippen LogP contribution is 2.24. The summed E-state index contributed by atoms with van der Waals surface area (Å²) in [5.74, 6) is -1.67. The maximum Gasteiger partial charge on any atom is 0.319 e. The Morgan fingerprint density at radius 1 is 1.16 bits per heavy atom. The fourth-order valence-corrected chi connectivity index (χ4v) is 3.11. The fraction of sp³-hybridized carbons (Fsp3) is 0.222. The highest BCUT2D eigenvalue weighted by molar-refractivity contribution is 9.10. The van der Waals surface area contributed by atoms with E-state index in [1.54, 1.807) is 13.0 Å². The van der Waals surface area contributed by atoms with Crippen molar-refractivity contribution in [2.75, 3.05) is 5.32 Å². The molecule has 0 aliphatic carbocycles. The zero-order valence-corrected chi connectivity index (χ0v) is 16.1. The van der Waals surface area contributed by atoms with Crippen LogP contribution in [0.25, 0.3) is 0 Å². The van der Waals surface area contributed by atoms with Gasteiger partial charge in [-0.05, 0) is 44.2 Å². The smallest absolute Gasteiger partial charge is 0.319 e. The van der Waals surface area contributed by atoms with E-state index in [-0.39, 0.29) is 5.69 Å². The Morgan fingerprint density at radius 3 is 2.48 bits per heavy atom. The van der Waals surface area contributed by atoms with Crippen molar-refractivity contribution in [3.05, 3.63) is 58.8 Å². The van der Waals surface area contributed by atoms with Crippen LogP contribution in [0.1, 0.15) is 13.8 Å². The predicted octanol–water partition coefficient (Wildman–Crippen LogP) is 4.64. The van der Waals surface area contributed by atoms with E-state index in [9.17, 15) is 14.0 Å². The maximum absolute atomic E-state index is 13.8. The Kier molecular flexibility index (Phi) is 7.01. The third-order valence-corrected chi connectivity index (χ3v) is 4.82. The van der Waals surface area contributed by atoms with E-state index in [0.29, 0.717) is 4.47 Å². The Bertz CT molecular complexity index is 757. The minimum Gasteiger partial charge on any atom is -0.452 e. The Balaban J connectivity index is 1.90. The normalized spacial score (nSPS) is 13.0. The van der Waals surface area contributed by atoms with Crippen molar-refractivity contribution in [1.82, 2.24) is 0 Å². The molecule has 25 heavy (non-hydrogen) atoms. The van der Waals surface area contributed by atoms with Gasteiger partial charge in [0.25, 0.3) is 5.91 Å². The van der Waals surface area contributed by atoms with Gasteiger partial charge in [-0.15, -0.1) is 11.8 Å². The molecule has 0 aliphatic heterocycles. The Labute approximate surface area is 158 Å². The van der Waals surface area contributed by atoms with Crippen LogP contribution in [-0.2, 0) is 14.3 Å². The first kappa shape index (κ1) is 19.5. The summed E-state index contributed by atoms with van der Waals surface area (Å²) in [5, 5.41) is 1.94. The molecule has 0 aliphatic rings. The van der Waals surface area contributed by atoms with Crippen molar-refractivity contribution in [3.63, 3.8) is 0 Å². The lowest BCUT2D eigenvalue weighted by Gasteiger charge is -2.16. The first-order valence-corrected chi connectivity index (χ1v) is 9.22. The molecule has 0 radical (unpaired) electrons. The average molecular weight is 426 g/mol. The van der Waals surface area contributed by atoms with Gasteiger partial charge >= 0.3 is 5.97 Å². The predicted molar refractivity (Wildman–Crippen MR) is 100 cm³/mol. The van der Waals surface area contributed by atoms with Crippen LogP contribution in [0.3, 0.4) is 0 Å². The largest absolute Gasteiger partial charge is 0.452 e. The SMILES string of the molecule is C[C@@H](OC(=O)[C@@H](C)Sc1ccccc1)C(=O)Nc1ccc(Br)cc1F. The molecule has 2 aromatic rings. The second-order valence-electron chi connectivity index (χ2n) is 5.27. The molecule has 1 amide bonds. The molecule has 0 unspecified atom stereocenters. The topological polar surface area (TPSA) is 55.4 Å². The van der Waals surface area contributed by atoms with E-state index >= 15 is 0 Å². The summed E-state index contributed by atoms with van der Waals surface area (Å²) in [4.78, 5) is 25.1. The molecule has 0 spiro atoms. The number of anilines is 1. The van der Waals surface area contributed by atoms with Gasteiger partial charge < -0.3 is 10.1 Å². The Hall–Kier alpha value is -1.86. The second-order valence-corrected chi connectivity index (χ2v) is 7.60. The van der Waals surface area contributed by atoms with Gasteiger partial charge in [0.1, 0.15) is 11.1 Å². The summed E-state index contributed by atoms with van der Waals surface area (Å²) in [5.41, 5.74) is 0.0304. The zero-order chi connectivity index (χ0) is 18.4. The van der Waals surface area contributed by atoms with E-state index in [1.807, 2.05) is 30.3 Å². The average Bonchev–Trinajstić information content (AvgIpc) is 2.58. The summed E-state index contributed by atoms with van der Waals surface area (Å²) in [7, 11) is 0. The van der Waals surface area contributed by atoms with Crippen LogP contribution in [0.4, 0.5) is 10.1 Å². The van der Waals surface area contributed by atoms with E-state index < -0.39 is 29.0 Å². The van der Waals surface area contributed by atoms with Gasteiger partial charge in [0.15, 0.2) is 6.10 Å². The number of benzene rings is 2. The molecule has 2 aromatic carbocycles. The molecule has 0 heterocycles.